The molecule has 0 saturated carbocycles. The molecule has 3 aromatic carbocycles. The summed E-state index contributed by atoms with van der Waals surface area (Å²) in [6.45, 7) is 3.95. The van der Waals surface area contributed by atoms with Crippen LogP contribution in [0.25, 0.3) is 11.0 Å². The lowest BCUT2D eigenvalue weighted by molar-refractivity contribution is -0.133. The zero-order valence-electron chi connectivity index (χ0n) is 19.6. The Bertz CT molecular complexity index is 1300. The van der Waals surface area contributed by atoms with Crippen molar-refractivity contribution in [3.63, 3.8) is 0 Å². The second-order valence-corrected chi connectivity index (χ2v) is 8.29. The fraction of sp³-hybridized carbons (Fsp3) is 0.214. The molecule has 34 heavy (non-hydrogen) atoms. The zero-order valence-corrected chi connectivity index (χ0v) is 19.6. The number of fused-ring (bicyclic) bond motifs is 1. The van der Waals surface area contributed by atoms with E-state index in [-0.39, 0.29) is 24.3 Å². The smallest absolute Gasteiger partial charge is 0.227 e. The molecule has 1 N–H and O–H groups in total. The van der Waals surface area contributed by atoms with E-state index in [2.05, 4.69) is 5.32 Å². The summed E-state index contributed by atoms with van der Waals surface area (Å²) in [5, 5.41) is 3.72. The predicted octanol–water partition coefficient (Wildman–Crippen LogP) is 5.73. The number of furan rings is 1. The highest BCUT2D eigenvalue weighted by molar-refractivity contribution is 5.89. The van der Waals surface area contributed by atoms with Gasteiger partial charge in [0, 0.05) is 36.2 Å². The molecule has 0 aliphatic rings. The molecule has 0 aliphatic carbocycles. The molecule has 0 aliphatic heterocycles. The summed E-state index contributed by atoms with van der Waals surface area (Å²) in [7, 11) is 1.61. The monoisotopic (exact) mass is 456 g/mol. The first-order valence-electron chi connectivity index (χ1n) is 11.2. The fourth-order valence-corrected chi connectivity index (χ4v) is 4.07. The molecule has 1 heterocycles. The number of nitrogens with one attached hydrogen (secondary N) is 1. The number of rotatable bonds is 8. The van der Waals surface area contributed by atoms with Crippen LogP contribution in [-0.4, -0.2) is 23.8 Å². The number of hydrogen-bond donors (Lipinski definition) is 1. The van der Waals surface area contributed by atoms with E-state index in [1.807, 2.05) is 84.6 Å². The van der Waals surface area contributed by atoms with E-state index in [0.29, 0.717) is 23.6 Å². The minimum atomic E-state index is -0.209. The quantitative estimate of drug-likeness (QED) is 0.367. The standard InChI is InChI=1S/C28H28N2O4/c1-19(22-10-7-11-24(14-22)29-20(2)31)30(17-21-8-5-4-6-9-21)28(32)15-23-18-34-27-16-25(33-3)12-13-26(23)27/h4-14,16,18-19H,15,17H2,1-3H3,(H,29,31). The van der Waals surface area contributed by atoms with E-state index in [4.69, 9.17) is 9.15 Å². The Hall–Kier alpha value is -4.06. The number of benzene rings is 3. The Morgan fingerprint density at radius 1 is 1.03 bits per heavy atom. The van der Waals surface area contributed by atoms with Crippen molar-refractivity contribution in [1.82, 2.24) is 4.90 Å². The van der Waals surface area contributed by atoms with Crippen molar-refractivity contribution < 1.29 is 18.7 Å². The van der Waals surface area contributed by atoms with Gasteiger partial charge in [0.15, 0.2) is 0 Å². The molecule has 0 saturated heterocycles. The minimum absolute atomic E-state index is 0.0141. The largest absolute Gasteiger partial charge is 0.497 e. The van der Waals surface area contributed by atoms with Gasteiger partial charge in [-0.2, -0.15) is 0 Å². The third-order valence-electron chi connectivity index (χ3n) is 5.88. The van der Waals surface area contributed by atoms with Gasteiger partial charge in [0.2, 0.25) is 11.8 Å². The number of amides is 2. The van der Waals surface area contributed by atoms with Gasteiger partial charge in [-0.3, -0.25) is 9.59 Å². The first-order chi connectivity index (χ1) is 16.4. The molecule has 1 aromatic heterocycles. The third-order valence-corrected chi connectivity index (χ3v) is 5.88. The van der Waals surface area contributed by atoms with Crippen molar-refractivity contribution in [2.75, 3.05) is 12.4 Å². The molecule has 1 atom stereocenters. The summed E-state index contributed by atoms with van der Waals surface area (Å²) < 4.78 is 11.0. The van der Waals surface area contributed by atoms with Crippen molar-refractivity contribution in [2.45, 2.75) is 32.9 Å². The average molecular weight is 457 g/mol. The van der Waals surface area contributed by atoms with Crippen LogP contribution in [0.4, 0.5) is 5.69 Å². The van der Waals surface area contributed by atoms with Crippen LogP contribution in [0.15, 0.2) is 83.5 Å². The highest BCUT2D eigenvalue weighted by atomic mass is 16.5. The van der Waals surface area contributed by atoms with E-state index >= 15 is 0 Å². The Labute approximate surface area is 199 Å². The average Bonchev–Trinajstić information content (AvgIpc) is 3.24. The van der Waals surface area contributed by atoms with Crippen LogP contribution in [0.2, 0.25) is 0 Å². The van der Waals surface area contributed by atoms with Crippen LogP contribution >= 0.6 is 0 Å². The SMILES string of the molecule is COc1ccc2c(CC(=O)N(Cc3ccccc3)C(C)c3cccc(NC(C)=O)c3)coc2c1. The van der Waals surface area contributed by atoms with E-state index in [1.54, 1.807) is 13.4 Å². The Morgan fingerprint density at radius 3 is 2.56 bits per heavy atom. The van der Waals surface area contributed by atoms with Crippen LogP contribution in [0.1, 0.15) is 36.6 Å². The molecule has 6 nitrogen and oxygen atoms in total. The number of anilines is 1. The lowest BCUT2D eigenvalue weighted by atomic mass is 10.0. The number of methoxy groups -OCH3 is 1. The van der Waals surface area contributed by atoms with Gasteiger partial charge in [0.25, 0.3) is 0 Å². The lowest BCUT2D eigenvalue weighted by Gasteiger charge is -2.30. The van der Waals surface area contributed by atoms with Gasteiger partial charge in [-0.05, 0) is 42.3 Å². The maximum Gasteiger partial charge on any atom is 0.227 e. The normalized spacial score (nSPS) is 11.7. The van der Waals surface area contributed by atoms with Gasteiger partial charge in [0.05, 0.1) is 25.8 Å². The van der Waals surface area contributed by atoms with E-state index < -0.39 is 0 Å². The topological polar surface area (TPSA) is 71.8 Å². The van der Waals surface area contributed by atoms with Crippen molar-refractivity contribution in [3.8, 4) is 5.75 Å². The molecule has 0 spiro atoms. The van der Waals surface area contributed by atoms with Crippen LogP contribution in [0.3, 0.4) is 0 Å². The van der Waals surface area contributed by atoms with Gasteiger partial charge < -0.3 is 19.4 Å². The first-order valence-corrected chi connectivity index (χ1v) is 11.2. The Balaban J connectivity index is 1.63. The molecule has 4 aromatic rings. The second kappa shape index (κ2) is 10.3. The third kappa shape index (κ3) is 5.29. The van der Waals surface area contributed by atoms with Crippen LogP contribution in [0.5, 0.6) is 5.75 Å². The van der Waals surface area contributed by atoms with Gasteiger partial charge in [-0.1, -0.05) is 42.5 Å². The first kappa shape index (κ1) is 23.1. The van der Waals surface area contributed by atoms with Gasteiger partial charge in [-0.25, -0.2) is 0 Å². The predicted molar refractivity (Wildman–Crippen MR) is 133 cm³/mol. The Kier molecular flexibility index (Phi) is 6.97. The van der Waals surface area contributed by atoms with Crippen LogP contribution in [0, 0.1) is 0 Å². The number of carbonyl (C=O) groups is 2. The molecule has 0 radical (unpaired) electrons. The van der Waals surface area contributed by atoms with E-state index in [0.717, 1.165) is 22.1 Å². The number of nitrogens with zero attached hydrogens (tertiary/aromatic N) is 1. The van der Waals surface area contributed by atoms with Gasteiger partial charge in [-0.15, -0.1) is 0 Å². The van der Waals surface area contributed by atoms with Gasteiger partial charge in [0.1, 0.15) is 11.3 Å². The minimum Gasteiger partial charge on any atom is -0.497 e. The number of hydrogen-bond acceptors (Lipinski definition) is 4. The Morgan fingerprint density at radius 2 is 1.82 bits per heavy atom. The molecule has 0 bridgehead atoms. The summed E-state index contributed by atoms with van der Waals surface area (Å²) in [6.07, 6.45) is 1.85. The number of carbonyl (C=O) groups excluding carboxylic acids is 2. The van der Waals surface area contributed by atoms with Crippen molar-refractivity contribution >= 4 is 28.5 Å². The highest BCUT2D eigenvalue weighted by Gasteiger charge is 2.24. The van der Waals surface area contributed by atoms with Crippen molar-refractivity contribution in [3.05, 3.63) is 95.7 Å². The summed E-state index contributed by atoms with van der Waals surface area (Å²) >= 11 is 0. The molecular formula is C28H28N2O4. The van der Waals surface area contributed by atoms with Crippen LogP contribution < -0.4 is 10.1 Å². The molecule has 2 amide bonds. The number of ether oxygens (including phenoxy) is 1. The molecule has 174 valence electrons. The zero-order chi connectivity index (χ0) is 24.1. The maximum absolute atomic E-state index is 13.6. The molecule has 6 heteroatoms. The van der Waals surface area contributed by atoms with Gasteiger partial charge >= 0.3 is 0 Å². The fourth-order valence-electron chi connectivity index (χ4n) is 4.07. The van der Waals surface area contributed by atoms with E-state index in [1.165, 1.54) is 6.92 Å². The molecule has 4 rings (SSSR count). The summed E-state index contributed by atoms with van der Waals surface area (Å²) in [4.78, 5) is 27.0. The highest BCUT2D eigenvalue weighted by Crippen LogP contribution is 2.29. The summed E-state index contributed by atoms with van der Waals surface area (Å²) in [6, 6.07) is 22.9. The second-order valence-electron chi connectivity index (χ2n) is 8.29. The van der Waals surface area contributed by atoms with Crippen molar-refractivity contribution in [1.29, 1.82) is 0 Å². The molecule has 1 unspecified atom stereocenters. The molecular weight excluding hydrogens is 428 g/mol. The lowest BCUT2D eigenvalue weighted by Crippen LogP contribution is -2.34. The van der Waals surface area contributed by atoms with E-state index in [9.17, 15) is 9.59 Å². The summed E-state index contributed by atoms with van der Waals surface area (Å²) in [5.41, 5.74) is 4.21. The van der Waals surface area contributed by atoms with Crippen LogP contribution in [-0.2, 0) is 22.6 Å². The van der Waals surface area contributed by atoms with Crippen molar-refractivity contribution in [2.24, 2.45) is 0 Å². The summed E-state index contributed by atoms with van der Waals surface area (Å²) in [5.74, 6) is 0.559. The maximum atomic E-state index is 13.6. The molecule has 0 fully saturated rings.